The molecule has 1 aliphatic rings. The van der Waals surface area contributed by atoms with E-state index in [1.165, 1.54) is 12.1 Å². The van der Waals surface area contributed by atoms with E-state index in [2.05, 4.69) is 14.7 Å². The van der Waals surface area contributed by atoms with Crippen molar-refractivity contribution in [3.8, 4) is 22.4 Å². The predicted molar refractivity (Wildman–Crippen MR) is 124 cm³/mol. The monoisotopic (exact) mass is 477 g/mol. The first-order chi connectivity index (χ1) is 16.6. The molecule has 0 atom stereocenters. The molecule has 3 aromatic carbocycles. The number of fused-ring (bicyclic) bond motifs is 1. The molecule has 1 aliphatic heterocycles. The molecule has 1 amide bonds. The number of rotatable bonds is 8. The molecule has 0 saturated carbocycles. The summed E-state index contributed by atoms with van der Waals surface area (Å²) in [6.07, 6.45) is 0.756. The van der Waals surface area contributed by atoms with Crippen molar-refractivity contribution in [3.63, 3.8) is 0 Å². The molecule has 0 bridgehead atoms. The van der Waals surface area contributed by atoms with Gasteiger partial charge in [0, 0.05) is 24.5 Å². The molecule has 172 valence electrons. The highest BCUT2D eigenvalue weighted by molar-refractivity contribution is 7.07. The summed E-state index contributed by atoms with van der Waals surface area (Å²) in [6.45, 7) is 0.634. The van der Waals surface area contributed by atoms with Gasteiger partial charge in [0.25, 0.3) is 5.19 Å². The third-order valence-corrected chi connectivity index (χ3v) is 5.78. The van der Waals surface area contributed by atoms with Crippen molar-refractivity contribution < 1.29 is 23.4 Å². The number of hydrogen-bond donors (Lipinski definition) is 1. The fraction of sp³-hybridized carbons (Fsp3) is 0.160. The van der Waals surface area contributed by atoms with Gasteiger partial charge in [-0.15, -0.1) is 0 Å². The number of nitrogens with one attached hydrogen (secondary N) is 1. The normalized spacial score (nSPS) is 11.9. The summed E-state index contributed by atoms with van der Waals surface area (Å²) in [5.74, 6) is 2.28. The largest absolute Gasteiger partial charge is 0.454 e. The average molecular weight is 478 g/mol. The summed E-state index contributed by atoms with van der Waals surface area (Å²) in [7, 11) is 0. The van der Waals surface area contributed by atoms with Gasteiger partial charge in [-0.2, -0.15) is 9.36 Å². The molecule has 0 unspecified atom stereocenters. The van der Waals surface area contributed by atoms with E-state index in [9.17, 15) is 9.18 Å². The summed E-state index contributed by atoms with van der Waals surface area (Å²) in [5.41, 5.74) is 2.73. The van der Waals surface area contributed by atoms with Crippen molar-refractivity contribution in [2.75, 3.05) is 6.79 Å². The lowest BCUT2D eigenvalue weighted by molar-refractivity contribution is -0.120. The Morgan fingerprint density at radius 3 is 2.53 bits per heavy atom. The van der Waals surface area contributed by atoms with E-state index in [4.69, 9.17) is 14.2 Å². The minimum atomic E-state index is -0.273. The second-order valence-corrected chi connectivity index (χ2v) is 8.38. The molecule has 0 fully saturated rings. The fourth-order valence-corrected chi connectivity index (χ4v) is 3.98. The highest BCUT2D eigenvalue weighted by atomic mass is 32.1. The Morgan fingerprint density at radius 1 is 0.971 bits per heavy atom. The zero-order valence-electron chi connectivity index (χ0n) is 18.0. The summed E-state index contributed by atoms with van der Waals surface area (Å²) in [6, 6.07) is 19.1. The quantitative estimate of drug-likeness (QED) is 0.398. The summed E-state index contributed by atoms with van der Waals surface area (Å²) in [5, 5.41) is 3.34. The molecule has 2 heterocycles. The summed E-state index contributed by atoms with van der Waals surface area (Å²) in [4.78, 5) is 16.7. The maximum atomic E-state index is 13.0. The van der Waals surface area contributed by atoms with Crippen molar-refractivity contribution in [2.45, 2.75) is 19.4 Å². The van der Waals surface area contributed by atoms with Crippen LogP contribution >= 0.6 is 11.5 Å². The molecule has 0 spiro atoms. The van der Waals surface area contributed by atoms with Gasteiger partial charge in [-0.1, -0.05) is 30.3 Å². The van der Waals surface area contributed by atoms with E-state index in [-0.39, 0.29) is 24.9 Å². The van der Waals surface area contributed by atoms with Crippen LogP contribution in [-0.4, -0.2) is 22.1 Å². The van der Waals surface area contributed by atoms with Gasteiger partial charge in [-0.05, 0) is 53.1 Å². The maximum Gasteiger partial charge on any atom is 0.298 e. The van der Waals surface area contributed by atoms with Crippen molar-refractivity contribution in [3.05, 3.63) is 95.1 Å². The smallest absolute Gasteiger partial charge is 0.298 e. The van der Waals surface area contributed by atoms with Crippen molar-refractivity contribution in [2.24, 2.45) is 0 Å². The van der Waals surface area contributed by atoms with Crippen LogP contribution in [0, 0.1) is 5.82 Å². The number of carbonyl (C=O) groups is 1. The van der Waals surface area contributed by atoms with Crippen LogP contribution in [0.5, 0.6) is 22.4 Å². The third kappa shape index (κ3) is 5.49. The Balaban J connectivity index is 1.11. The molecular formula is C25H20FN3O4S. The third-order valence-electron chi connectivity index (χ3n) is 5.14. The van der Waals surface area contributed by atoms with Crippen LogP contribution in [0.4, 0.5) is 4.39 Å². The molecule has 1 N–H and O–H groups in total. The fourth-order valence-electron chi connectivity index (χ4n) is 3.41. The number of nitrogens with zero attached hydrogens (tertiary/aromatic N) is 2. The van der Waals surface area contributed by atoms with E-state index < -0.39 is 0 Å². The first kappa shape index (κ1) is 21.8. The first-order valence-corrected chi connectivity index (χ1v) is 11.4. The van der Waals surface area contributed by atoms with E-state index in [0.29, 0.717) is 35.5 Å². The van der Waals surface area contributed by atoms with Gasteiger partial charge in [0.2, 0.25) is 12.7 Å². The highest BCUT2D eigenvalue weighted by Crippen LogP contribution is 2.32. The Hall–Kier alpha value is -3.98. The Bertz CT molecular complexity index is 1290. The molecule has 1 aromatic heterocycles. The van der Waals surface area contributed by atoms with Crippen LogP contribution in [-0.2, 0) is 24.2 Å². The molecule has 5 rings (SSSR count). The number of benzene rings is 3. The Labute approximate surface area is 199 Å². The lowest BCUT2D eigenvalue weighted by Gasteiger charge is -2.07. The van der Waals surface area contributed by atoms with Gasteiger partial charge < -0.3 is 19.5 Å². The van der Waals surface area contributed by atoms with Crippen LogP contribution in [0.2, 0.25) is 0 Å². The number of hydrogen-bond acceptors (Lipinski definition) is 7. The number of halogens is 1. The lowest BCUT2D eigenvalue weighted by atomic mass is 10.1. The topological polar surface area (TPSA) is 82.6 Å². The van der Waals surface area contributed by atoms with Gasteiger partial charge in [0.1, 0.15) is 11.6 Å². The van der Waals surface area contributed by atoms with Crippen LogP contribution < -0.4 is 19.5 Å². The molecule has 0 radical (unpaired) electrons. The van der Waals surface area contributed by atoms with Crippen LogP contribution in [0.25, 0.3) is 0 Å². The summed E-state index contributed by atoms with van der Waals surface area (Å²) >= 11 is 1.16. The molecule has 4 aromatic rings. The molecule has 9 heteroatoms. The van der Waals surface area contributed by atoms with Gasteiger partial charge in [0.05, 0.1) is 6.42 Å². The number of aromatic nitrogens is 2. The minimum Gasteiger partial charge on any atom is -0.454 e. The molecule has 0 aliphatic carbocycles. The lowest BCUT2D eigenvalue weighted by Crippen LogP contribution is -2.24. The zero-order valence-corrected chi connectivity index (χ0v) is 18.8. The summed E-state index contributed by atoms with van der Waals surface area (Å²) < 4.78 is 33.8. The van der Waals surface area contributed by atoms with Gasteiger partial charge >= 0.3 is 0 Å². The Kier molecular flexibility index (Phi) is 6.35. The molecule has 34 heavy (non-hydrogen) atoms. The predicted octanol–water partition coefficient (Wildman–Crippen LogP) is 4.65. The van der Waals surface area contributed by atoms with Gasteiger partial charge in [0.15, 0.2) is 17.3 Å². The maximum absolute atomic E-state index is 13.0. The van der Waals surface area contributed by atoms with Crippen LogP contribution in [0.3, 0.4) is 0 Å². The number of carbonyl (C=O) groups excluding carboxylic acids is 1. The Morgan fingerprint density at radius 2 is 1.71 bits per heavy atom. The van der Waals surface area contributed by atoms with Crippen LogP contribution in [0.15, 0.2) is 66.7 Å². The van der Waals surface area contributed by atoms with Gasteiger partial charge in [-0.3, -0.25) is 4.79 Å². The molecular weight excluding hydrogens is 457 g/mol. The van der Waals surface area contributed by atoms with E-state index in [1.54, 1.807) is 24.3 Å². The minimum absolute atomic E-state index is 0.0825. The second-order valence-electron chi connectivity index (χ2n) is 7.67. The van der Waals surface area contributed by atoms with Gasteiger partial charge in [-0.25, -0.2) is 4.39 Å². The second kappa shape index (κ2) is 9.88. The van der Waals surface area contributed by atoms with E-state index in [0.717, 1.165) is 34.0 Å². The standard InChI is InChI=1S/C25H20FN3O4S/c26-19-6-1-16(2-7-19)12-23-28-25(34-29-23)33-20-8-3-17(4-9-20)13-24(30)27-14-18-5-10-21-22(11-18)32-15-31-21/h1-11H,12-15H2,(H,27,30). The first-order valence-electron chi connectivity index (χ1n) is 10.6. The number of ether oxygens (including phenoxy) is 3. The van der Waals surface area contributed by atoms with Crippen molar-refractivity contribution in [1.82, 2.24) is 14.7 Å². The van der Waals surface area contributed by atoms with Crippen molar-refractivity contribution >= 4 is 17.4 Å². The molecule has 0 saturated heterocycles. The SMILES string of the molecule is O=C(Cc1ccc(Oc2nc(Cc3ccc(F)cc3)ns2)cc1)NCc1ccc2c(c1)OCO2. The average Bonchev–Trinajstić information content (AvgIpc) is 3.49. The molecule has 7 nitrogen and oxygen atoms in total. The van der Waals surface area contributed by atoms with E-state index in [1.807, 2.05) is 30.3 Å². The highest BCUT2D eigenvalue weighted by Gasteiger charge is 2.14. The van der Waals surface area contributed by atoms with Crippen LogP contribution in [0.1, 0.15) is 22.5 Å². The van der Waals surface area contributed by atoms with E-state index >= 15 is 0 Å². The van der Waals surface area contributed by atoms with Crippen molar-refractivity contribution in [1.29, 1.82) is 0 Å². The zero-order chi connectivity index (χ0) is 23.3. The number of amides is 1.